The molecule has 0 aliphatic heterocycles. The second-order valence-corrected chi connectivity index (χ2v) is 5.67. The molecule has 8 heteroatoms. The second kappa shape index (κ2) is 5.01. The van der Waals surface area contributed by atoms with Gasteiger partial charge in [0.1, 0.15) is 5.82 Å². The molecular weight excluding hydrogens is 287 g/mol. The number of rotatable bonds is 4. The Bertz CT molecular complexity index is 677. The third kappa shape index (κ3) is 3.50. The van der Waals surface area contributed by atoms with Crippen LogP contribution < -0.4 is 0 Å². The predicted octanol–water partition coefficient (Wildman–Crippen LogP) is 2.79. The summed E-state index contributed by atoms with van der Waals surface area (Å²) in [6.07, 6.45) is -3.42. The number of hydrogen-bond acceptors (Lipinski definition) is 3. The van der Waals surface area contributed by atoms with Crippen LogP contribution in [0, 0.1) is 5.41 Å². The minimum atomic E-state index is -4.45. The van der Waals surface area contributed by atoms with Crippen molar-refractivity contribution in [1.82, 2.24) is 14.6 Å². The highest BCUT2D eigenvalue weighted by Crippen LogP contribution is 2.30. The smallest absolute Gasteiger partial charge is 0.417 e. The third-order valence-corrected chi connectivity index (χ3v) is 3.07. The highest BCUT2D eigenvalue weighted by atomic mass is 19.4. The first-order valence-electron chi connectivity index (χ1n) is 6.21. The predicted molar refractivity (Wildman–Crippen MR) is 67.7 cm³/mol. The molecule has 0 atom stereocenters. The fourth-order valence-corrected chi connectivity index (χ4v) is 2.13. The number of fused-ring (bicyclic) bond motifs is 1. The Morgan fingerprint density at radius 2 is 1.95 bits per heavy atom. The minimum absolute atomic E-state index is 0.110. The van der Waals surface area contributed by atoms with Crippen LogP contribution in [0.4, 0.5) is 13.2 Å². The van der Waals surface area contributed by atoms with Crippen LogP contribution in [-0.2, 0) is 17.4 Å². The van der Waals surface area contributed by atoms with Gasteiger partial charge in [-0.05, 0) is 17.5 Å². The second-order valence-electron chi connectivity index (χ2n) is 5.67. The van der Waals surface area contributed by atoms with Crippen LogP contribution in [0.15, 0.2) is 18.3 Å². The van der Waals surface area contributed by atoms with Crippen molar-refractivity contribution >= 4 is 11.6 Å². The number of aliphatic carboxylic acids is 1. The highest BCUT2D eigenvalue weighted by molar-refractivity contribution is 5.67. The summed E-state index contributed by atoms with van der Waals surface area (Å²) >= 11 is 0. The normalized spacial score (nSPS) is 12.8. The zero-order valence-electron chi connectivity index (χ0n) is 11.5. The molecule has 5 nitrogen and oxygen atoms in total. The van der Waals surface area contributed by atoms with Crippen molar-refractivity contribution in [3.8, 4) is 0 Å². The molecule has 1 N–H and O–H groups in total. The van der Waals surface area contributed by atoms with E-state index in [1.54, 1.807) is 13.8 Å². The van der Waals surface area contributed by atoms with E-state index < -0.39 is 23.1 Å². The molecule has 2 aromatic heterocycles. The first kappa shape index (κ1) is 15.3. The minimum Gasteiger partial charge on any atom is -0.481 e. The summed E-state index contributed by atoms with van der Waals surface area (Å²) in [6, 6.07) is 2.18. The maximum Gasteiger partial charge on any atom is 0.417 e. The van der Waals surface area contributed by atoms with E-state index in [0.29, 0.717) is 11.5 Å². The molecule has 0 amide bonds. The van der Waals surface area contributed by atoms with Crippen LogP contribution in [0.2, 0.25) is 0 Å². The van der Waals surface area contributed by atoms with Gasteiger partial charge in [0.15, 0.2) is 5.65 Å². The average Bonchev–Trinajstić information content (AvgIpc) is 2.68. The molecule has 0 bridgehead atoms. The number of aromatic nitrogens is 3. The number of hydrogen-bond donors (Lipinski definition) is 1. The number of pyridine rings is 1. The van der Waals surface area contributed by atoms with Gasteiger partial charge in [-0.25, -0.2) is 0 Å². The van der Waals surface area contributed by atoms with Gasteiger partial charge in [0.25, 0.3) is 0 Å². The summed E-state index contributed by atoms with van der Waals surface area (Å²) in [5, 5.41) is 16.5. The van der Waals surface area contributed by atoms with Gasteiger partial charge in [0, 0.05) is 12.6 Å². The lowest BCUT2D eigenvalue weighted by Crippen LogP contribution is -2.21. The van der Waals surface area contributed by atoms with Gasteiger partial charge in [-0.3, -0.25) is 9.20 Å². The van der Waals surface area contributed by atoms with Crippen molar-refractivity contribution in [3.63, 3.8) is 0 Å². The van der Waals surface area contributed by atoms with Crippen molar-refractivity contribution in [3.05, 3.63) is 29.7 Å². The van der Waals surface area contributed by atoms with E-state index in [4.69, 9.17) is 5.11 Å². The maximum absolute atomic E-state index is 12.7. The van der Waals surface area contributed by atoms with Crippen molar-refractivity contribution in [2.75, 3.05) is 0 Å². The summed E-state index contributed by atoms with van der Waals surface area (Å²) in [5.41, 5.74) is -1.14. The third-order valence-electron chi connectivity index (χ3n) is 3.07. The molecule has 21 heavy (non-hydrogen) atoms. The quantitative estimate of drug-likeness (QED) is 0.943. The van der Waals surface area contributed by atoms with Crippen LogP contribution in [0.5, 0.6) is 0 Å². The largest absolute Gasteiger partial charge is 0.481 e. The highest BCUT2D eigenvalue weighted by Gasteiger charge is 2.31. The number of carboxylic acid groups (broad SMARTS) is 1. The first-order valence-corrected chi connectivity index (χ1v) is 6.21. The Kier molecular flexibility index (Phi) is 3.65. The fraction of sp³-hybridized carbons (Fsp3) is 0.462. The first-order chi connectivity index (χ1) is 9.58. The van der Waals surface area contributed by atoms with E-state index in [2.05, 4.69) is 10.2 Å². The molecule has 0 aliphatic carbocycles. The Balaban J connectivity index is 2.39. The molecule has 0 saturated heterocycles. The molecular formula is C13H14F3N3O2. The number of carboxylic acids is 1. The van der Waals surface area contributed by atoms with Crippen molar-refractivity contribution in [2.24, 2.45) is 5.41 Å². The Morgan fingerprint density at radius 3 is 2.52 bits per heavy atom. The molecule has 2 rings (SSSR count). The van der Waals surface area contributed by atoms with E-state index in [1.165, 1.54) is 10.5 Å². The van der Waals surface area contributed by atoms with Gasteiger partial charge >= 0.3 is 12.1 Å². The van der Waals surface area contributed by atoms with E-state index in [9.17, 15) is 18.0 Å². The standard InChI is InChI=1S/C13H14F3N3O2/c1-12(2,6-11(20)21)5-10-18-17-9-4-3-8(7-19(9)10)13(14,15)16/h3-4,7H,5-6H2,1-2H3,(H,20,21). The molecule has 114 valence electrons. The molecule has 0 radical (unpaired) electrons. The average molecular weight is 301 g/mol. The van der Waals surface area contributed by atoms with Gasteiger partial charge in [-0.15, -0.1) is 10.2 Å². The molecule has 2 heterocycles. The van der Waals surface area contributed by atoms with Crippen molar-refractivity contribution in [1.29, 1.82) is 0 Å². The van der Waals surface area contributed by atoms with Crippen LogP contribution in [-0.4, -0.2) is 25.7 Å². The number of nitrogens with zero attached hydrogens (tertiary/aromatic N) is 3. The van der Waals surface area contributed by atoms with Crippen LogP contribution in [0.1, 0.15) is 31.7 Å². The molecule has 0 aromatic carbocycles. The molecule has 0 saturated carbocycles. The summed E-state index contributed by atoms with van der Waals surface area (Å²) in [4.78, 5) is 10.8. The lowest BCUT2D eigenvalue weighted by atomic mass is 9.85. The van der Waals surface area contributed by atoms with Gasteiger partial charge in [-0.2, -0.15) is 13.2 Å². The lowest BCUT2D eigenvalue weighted by molar-refractivity contribution is -0.139. The van der Waals surface area contributed by atoms with E-state index in [-0.39, 0.29) is 12.8 Å². The topological polar surface area (TPSA) is 67.5 Å². The van der Waals surface area contributed by atoms with Crippen LogP contribution >= 0.6 is 0 Å². The lowest BCUT2D eigenvalue weighted by Gasteiger charge is -2.21. The SMILES string of the molecule is CC(C)(CC(=O)O)Cc1nnc2ccc(C(F)(F)F)cn12. The van der Waals surface area contributed by atoms with E-state index in [1.807, 2.05) is 0 Å². The van der Waals surface area contributed by atoms with Gasteiger partial charge in [-0.1, -0.05) is 13.8 Å². The van der Waals surface area contributed by atoms with E-state index >= 15 is 0 Å². The summed E-state index contributed by atoms with van der Waals surface area (Å²) in [5.74, 6) is -0.660. The Hall–Kier alpha value is -2.12. The zero-order valence-corrected chi connectivity index (χ0v) is 11.5. The molecule has 0 fully saturated rings. The molecule has 0 aliphatic rings. The molecule has 0 unspecified atom stereocenters. The summed E-state index contributed by atoms with van der Waals surface area (Å²) in [6.45, 7) is 3.44. The van der Waals surface area contributed by atoms with Gasteiger partial charge in [0.05, 0.1) is 12.0 Å². The van der Waals surface area contributed by atoms with Crippen LogP contribution in [0.3, 0.4) is 0 Å². The number of alkyl halides is 3. The van der Waals surface area contributed by atoms with E-state index in [0.717, 1.165) is 12.3 Å². The zero-order chi connectivity index (χ0) is 15.8. The maximum atomic E-state index is 12.7. The molecule has 0 spiro atoms. The Labute approximate surface area is 118 Å². The van der Waals surface area contributed by atoms with Crippen molar-refractivity contribution < 1.29 is 23.1 Å². The van der Waals surface area contributed by atoms with Gasteiger partial charge in [0.2, 0.25) is 0 Å². The fourth-order valence-electron chi connectivity index (χ4n) is 2.13. The number of carbonyl (C=O) groups is 1. The summed E-state index contributed by atoms with van der Waals surface area (Å²) in [7, 11) is 0. The summed E-state index contributed by atoms with van der Waals surface area (Å²) < 4.78 is 39.5. The number of halogens is 3. The molecule has 2 aromatic rings. The Morgan fingerprint density at radius 1 is 1.29 bits per heavy atom. The van der Waals surface area contributed by atoms with Crippen molar-refractivity contribution in [2.45, 2.75) is 32.9 Å². The van der Waals surface area contributed by atoms with Gasteiger partial charge < -0.3 is 5.11 Å². The monoisotopic (exact) mass is 301 g/mol. The van der Waals surface area contributed by atoms with Crippen LogP contribution in [0.25, 0.3) is 5.65 Å².